The van der Waals surface area contributed by atoms with Crippen molar-refractivity contribution in [3.63, 3.8) is 0 Å². The lowest BCUT2D eigenvalue weighted by Gasteiger charge is -2.13. The number of para-hydroxylation sites is 1. The number of hydrogen-bond acceptors (Lipinski definition) is 3. The number of primary amides is 1. The lowest BCUT2D eigenvalue weighted by atomic mass is 10.1. The molecule has 0 aliphatic carbocycles. The number of carbonyl (C=O) groups excluding carboxylic acids is 1. The molecule has 0 saturated carbocycles. The Morgan fingerprint density at radius 3 is 2.25 bits per heavy atom. The number of nitrogens with zero attached hydrogens (tertiary/aromatic N) is 1. The number of hydrogen-bond donors (Lipinski definition) is 1. The minimum atomic E-state index is -3.67. The van der Waals surface area contributed by atoms with Gasteiger partial charge < -0.3 is 10.3 Å². The summed E-state index contributed by atoms with van der Waals surface area (Å²) < 4.78 is 26.4. The molecule has 0 fully saturated rings. The number of fused-ring (bicyclic) bond motifs is 3. The molecule has 0 bridgehead atoms. The fraction of sp³-hybridized carbons (Fsp3) is 0.136. The number of amides is 1. The van der Waals surface area contributed by atoms with Crippen LogP contribution in [0.4, 0.5) is 0 Å². The normalized spacial score (nSPS) is 13.0. The third-order valence-electron chi connectivity index (χ3n) is 4.97. The van der Waals surface area contributed by atoms with Gasteiger partial charge in [-0.05, 0) is 23.3 Å². The average molecular weight is 392 g/mol. The maximum atomic E-state index is 12.1. The summed E-state index contributed by atoms with van der Waals surface area (Å²) in [5.41, 5.74) is 8.85. The number of benzene rings is 3. The number of nitrogens with two attached hydrogens (primary N) is 1. The van der Waals surface area contributed by atoms with E-state index in [-0.39, 0.29) is 0 Å². The lowest BCUT2D eigenvalue weighted by molar-refractivity contribution is -0.117. The third-order valence-corrected chi connectivity index (χ3v) is 6.33. The summed E-state index contributed by atoms with van der Waals surface area (Å²) in [7, 11) is -3.67. The van der Waals surface area contributed by atoms with E-state index in [2.05, 4.69) is 4.57 Å². The zero-order chi connectivity index (χ0) is 19.9. The molecule has 142 valence electrons. The number of carbonyl (C=O) groups is 1. The van der Waals surface area contributed by atoms with E-state index >= 15 is 0 Å². The van der Waals surface area contributed by atoms with Crippen LogP contribution in [0.2, 0.25) is 0 Å². The van der Waals surface area contributed by atoms with Crippen LogP contribution in [-0.2, 0) is 21.2 Å². The Labute approximate surface area is 163 Å². The molecule has 0 spiro atoms. The number of rotatable bonds is 5. The lowest BCUT2D eigenvalue weighted by Crippen LogP contribution is -2.27. The molecule has 2 N–H and O–H groups in total. The van der Waals surface area contributed by atoms with E-state index in [1.54, 1.807) is 12.1 Å². The molecule has 6 heteroatoms. The van der Waals surface area contributed by atoms with Crippen LogP contribution >= 0.6 is 0 Å². The van der Waals surface area contributed by atoms with Crippen molar-refractivity contribution < 1.29 is 13.2 Å². The summed E-state index contributed by atoms with van der Waals surface area (Å²) in [5, 5.41) is 0.724. The van der Waals surface area contributed by atoms with Crippen molar-refractivity contribution >= 4 is 37.6 Å². The van der Waals surface area contributed by atoms with E-state index < -0.39 is 21.0 Å². The summed E-state index contributed by atoms with van der Waals surface area (Å²) in [5.74, 6) is -0.868. The Hall–Kier alpha value is -3.12. The zero-order valence-corrected chi connectivity index (χ0v) is 16.2. The molecule has 0 saturated heterocycles. The summed E-state index contributed by atoms with van der Waals surface area (Å²) >= 11 is 0. The molecule has 1 amide bonds. The quantitative estimate of drug-likeness (QED) is 0.565. The van der Waals surface area contributed by atoms with Gasteiger partial charge in [0.15, 0.2) is 15.1 Å². The van der Waals surface area contributed by atoms with Gasteiger partial charge in [0.2, 0.25) is 5.91 Å². The first-order valence-corrected chi connectivity index (χ1v) is 10.8. The Kier molecular flexibility index (Phi) is 4.43. The Balaban J connectivity index is 1.98. The fourth-order valence-electron chi connectivity index (χ4n) is 3.79. The predicted molar refractivity (Wildman–Crippen MR) is 112 cm³/mol. The van der Waals surface area contributed by atoms with Gasteiger partial charge in [-0.2, -0.15) is 0 Å². The van der Waals surface area contributed by atoms with Gasteiger partial charge in [-0.3, -0.25) is 4.79 Å². The van der Waals surface area contributed by atoms with Crippen molar-refractivity contribution in [1.82, 2.24) is 4.57 Å². The second-order valence-electron chi connectivity index (χ2n) is 6.98. The molecule has 3 aromatic carbocycles. The molecule has 1 unspecified atom stereocenters. The molecule has 28 heavy (non-hydrogen) atoms. The average Bonchev–Trinajstić information content (AvgIpc) is 2.95. The highest BCUT2D eigenvalue weighted by Crippen LogP contribution is 2.33. The molecular weight excluding hydrogens is 372 g/mol. The van der Waals surface area contributed by atoms with E-state index in [1.807, 2.05) is 60.7 Å². The molecule has 0 aliphatic rings. The van der Waals surface area contributed by atoms with Gasteiger partial charge in [-0.1, -0.05) is 60.7 Å². The van der Waals surface area contributed by atoms with Gasteiger partial charge >= 0.3 is 0 Å². The minimum absolute atomic E-state index is 0.389. The standard InChI is InChI=1S/C22H20N2O3S/c1-28(26,27)21(22(23)25)16-11-12-18-17-9-5-6-10-19(17)24(20(18)13-16)14-15-7-3-2-4-8-15/h2-13,21H,14H2,1H3,(H2,23,25). The maximum Gasteiger partial charge on any atom is 0.240 e. The van der Waals surface area contributed by atoms with Crippen LogP contribution in [0.15, 0.2) is 72.8 Å². The largest absolute Gasteiger partial charge is 0.368 e. The van der Waals surface area contributed by atoms with E-state index in [4.69, 9.17) is 5.73 Å². The molecule has 4 rings (SSSR count). The molecule has 5 nitrogen and oxygen atoms in total. The number of aromatic nitrogens is 1. The molecule has 4 aromatic rings. The Morgan fingerprint density at radius 2 is 1.57 bits per heavy atom. The van der Waals surface area contributed by atoms with Crippen LogP contribution in [0.1, 0.15) is 16.4 Å². The van der Waals surface area contributed by atoms with Crippen LogP contribution in [0, 0.1) is 0 Å². The van der Waals surface area contributed by atoms with E-state index in [0.29, 0.717) is 12.1 Å². The highest BCUT2D eigenvalue weighted by molar-refractivity contribution is 7.91. The predicted octanol–water partition coefficient (Wildman–Crippen LogP) is 3.41. The zero-order valence-electron chi connectivity index (χ0n) is 15.4. The Bertz CT molecular complexity index is 1290. The van der Waals surface area contributed by atoms with Gasteiger partial charge in [0.25, 0.3) is 0 Å². The molecular formula is C22H20N2O3S. The van der Waals surface area contributed by atoms with Gasteiger partial charge in [0, 0.05) is 34.6 Å². The summed E-state index contributed by atoms with van der Waals surface area (Å²) in [6.45, 7) is 0.633. The van der Waals surface area contributed by atoms with Crippen molar-refractivity contribution in [1.29, 1.82) is 0 Å². The van der Waals surface area contributed by atoms with Crippen molar-refractivity contribution in [2.45, 2.75) is 11.8 Å². The van der Waals surface area contributed by atoms with Crippen molar-refractivity contribution in [3.8, 4) is 0 Å². The second kappa shape index (κ2) is 6.80. The second-order valence-corrected chi connectivity index (χ2v) is 9.11. The molecule has 1 heterocycles. The van der Waals surface area contributed by atoms with Crippen molar-refractivity contribution in [2.24, 2.45) is 5.73 Å². The highest BCUT2D eigenvalue weighted by atomic mass is 32.2. The first-order valence-electron chi connectivity index (χ1n) is 8.89. The molecule has 0 aliphatic heterocycles. The first-order chi connectivity index (χ1) is 13.4. The smallest absolute Gasteiger partial charge is 0.240 e. The topological polar surface area (TPSA) is 82.2 Å². The Morgan fingerprint density at radius 1 is 0.929 bits per heavy atom. The highest BCUT2D eigenvalue weighted by Gasteiger charge is 2.29. The van der Waals surface area contributed by atoms with E-state index in [1.165, 1.54) is 0 Å². The van der Waals surface area contributed by atoms with E-state index in [9.17, 15) is 13.2 Å². The van der Waals surface area contributed by atoms with Gasteiger partial charge in [0.1, 0.15) is 0 Å². The van der Waals surface area contributed by atoms with Gasteiger partial charge in [-0.15, -0.1) is 0 Å². The fourth-order valence-corrected chi connectivity index (χ4v) is 4.85. The van der Waals surface area contributed by atoms with Gasteiger partial charge in [0.05, 0.1) is 0 Å². The van der Waals surface area contributed by atoms with Crippen LogP contribution in [0.25, 0.3) is 21.8 Å². The minimum Gasteiger partial charge on any atom is -0.368 e. The van der Waals surface area contributed by atoms with Crippen molar-refractivity contribution in [3.05, 3.63) is 83.9 Å². The molecule has 0 radical (unpaired) electrons. The summed E-state index contributed by atoms with van der Waals surface area (Å²) in [6.07, 6.45) is 1.03. The van der Waals surface area contributed by atoms with Crippen LogP contribution in [-0.4, -0.2) is 25.1 Å². The van der Waals surface area contributed by atoms with Crippen LogP contribution in [0.5, 0.6) is 0 Å². The maximum absolute atomic E-state index is 12.1. The van der Waals surface area contributed by atoms with E-state index in [0.717, 1.165) is 33.6 Å². The monoisotopic (exact) mass is 392 g/mol. The van der Waals surface area contributed by atoms with Crippen molar-refractivity contribution in [2.75, 3.05) is 6.26 Å². The van der Waals surface area contributed by atoms with Crippen LogP contribution < -0.4 is 5.73 Å². The third kappa shape index (κ3) is 3.16. The molecule has 1 atom stereocenters. The molecule has 1 aromatic heterocycles. The summed E-state index contributed by atoms with van der Waals surface area (Å²) in [6, 6.07) is 23.4. The van der Waals surface area contributed by atoms with Gasteiger partial charge in [-0.25, -0.2) is 8.42 Å². The SMILES string of the molecule is CS(=O)(=O)C(C(N)=O)c1ccc2c3ccccc3n(Cc3ccccc3)c2c1. The van der Waals surface area contributed by atoms with Crippen LogP contribution in [0.3, 0.4) is 0 Å². The first kappa shape index (κ1) is 18.3. The summed E-state index contributed by atoms with van der Waals surface area (Å²) in [4.78, 5) is 11.9. The number of sulfone groups is 1.